The smallest absolute Gasteiger partial charge is 0.242 e. The summed E-state index contributed by atoms with van der Waals surface area (Å²) in [5.41, 5.74) is -0.244. The first-order valence-corrected chi connectivity index (χ1v) is 7.22. The third-order valence-corrected chi connectivity index (χ3v) is 4.70. The van der Waals surface area contributed by atoms with Crippen LogP contribution in [-0.4, -0.2) is 36.0 Å². The van der Waals surface area contributed by atoms with E-state index in [1.165, 1.54) is 32.1 Å². The number of hydrogen-bond acceptors (Lipinski definition) is 2. The molecule has 3 heteroatoms. The molecule has 0 aromatic carbocycles. The molecule has 98 valence electrons. The van der Waals surface area contributed by atoms with E-state index in [2.05, 4.69) is 12.2 Å². The summed E-state index contributed by atoms with van der Waals surface area (Å²) in [5, 5.41) is 3.45. The van der Waals surface area contributed by atoms with E-state index >= 15 is 0 Å². The Bertz CT molecular complexity index is 265. The van der Waals surface area contributed by atoms with Crippen LogP contribution in [0.15, 0.2) is 0 Å². The van der Waals surface area contributed by atoms with Crippen molar-refractivity contribution in [2.45, 2.75) is 69.9 Å². The molecule has 1 unspecified atom stereocenters. The molecule has 0 spiro atoms. The number of nitrogens with zero attached hydrogens (tertiary/aromatic N) is 1. The van der Waals surface area contributed by atoms with E-state index in [0.29, 0.717) is 11.9 Å². The van der Waals surface area contributed by atoms with Crippen LogP contribution >= 0.6 is 0 Å². The maximum absolute atomic E-state index is 12.7. The molecule has 1 aliphatic carbocycles. The van der Waals surface area contributed by atoms with Gasteiger partial charge in [-0.15, -0.1) is 0 Å². The summed E-state index contributed by atoms with van der Waals surface area (Å²) in [6.07, 6.45) is 9.38. The first-order valence-electron chi connectivity index (χ1n) is 7.22. The summed E-state index contributed by atoms with van der Waals surface area (Å²) in [6, 6.07) is 0.488. The van der Waals surface area contributed by atoms with Crippen LogP contribution in [0.2, 0.25) is 0 Å². The van der Waals surface area contributed by atoms with Crippen LogP contribution in [0.1, 0.15) is 58.3 Å². The zero-order chi connectivity index (χ0) is 12.3. The second-order valence-corrected chi connectivity index (χ2v) is 5.67. The van der Waals surface area contributed by atoms with Crippen molar-refractivity contribution < 1.29 is 4.79 Å². The summed E-state index contributed by atoms with van der Waals surface area (Å²) in [4.78, 5) is 14.7. The quantitative estimate of drug-likeness (QED) is 0.818. The monoisotopic (exact) mass is 238 g/mol. The van der Waals surface area contributed by atoms with Gasteiger partial charge in [-0.05, 0) is 38.6 Å². The highest BCUT2D eigenvalue weighted by Gasteiger charge is 2.42. The number of carbonyl (C=O) groups is 1. The molecule has 1 saturated carbocycles. The fourth-order valence-electron chi connectivity index (χ4n) is 3.41. The van der Waals surface area contributed by atoms with Crippen molar-refractivity contribution in [1.29, 1.82) is 0 Å². The Balaban J connectivity index is 2.02. The van der Waals surface area contributed by atoms with Crippen LogP contribution in [0.25, 0.3) is 0 Å². The molecule has 0 bridgehead atoms. The standard InChI is InChI=1S/C14H26N2O/c1-3-14(10-7-11-15-14)13(17)16(2)12-8-5-4-6-9-12/h12,15H,3-11H2,1-2H3. The topological polar surface area (TPSA) is 32.3 Å². The Morgan fingerprint density at radius 3 is 2.53 bits per heavy atom. The molecule has 17 heavy (non-hydrogen) atoms. The van der Waals surface area contributed by atoms with Crippen LogP contribution < -0.4 is 5.32 Å². The van der Waals surface area contributed by atoms with Gasteiger partial charge in [0.05, 0.1) is 5.54 Å². The predicted octanol–water partition coefficient (Wildman–Crippen LogP) is 2.31. The van der Waals surface area contributed by atoms with Crippen molar-refractivity contribution in [3.05, 3.63) is 0 Å². The average molecular weight is 238 g/mol. The van der Waals surface area contributed by atoms with E-state index in [9.17, 15) is 4.79 Å². The van der Waals surface area contributed by atoms with Crippen molar-refractivity contribution in [1.82, 2.24) is 10.2 Å². The summed E-state index contributed by atoms with van der Waals surface area (Å²) in [7, 11) is 2.01. The highest BCUT2D eigenvalue weighted by Crippen LogP contribution is 2.29. The minimum absolute atomic E-state index is 0.244. The van der Waals surface area contributed by atoms with E-state index in [1.807, 2.05) is 11.9 Å². The molecule has 1 heterocycles. The maximum atomic E-state index is 12.7. The second-order valence-electron chi connectivity index (χ2n) is 5.67. The number of hydrogen-bond donors (Lipinski definition) is 1. The zero-order valence-corrected chi connectivity index (χ0v) is 11.3. The Hall–Kier alpha value is -0.570. The lowest BCUT2D eigenvalue weighted by Gasteiger charge is -2.38. The zero-order valence-electron chi connectivity index (χ0n) is 11.3. The predicted molar refractivity (Wildman–Crippen MR) is 69.9 cm³/mol. The molecule has 2 aliphatic rings. The van der Waals surface area contributed by atoms with E-state index in [0.717, 1.165) is 25.8 Å². The van der Waals surface area contributed by atoms with Gasteiger partial charge in [0.15, 0.2) is 0 Å². The largest absolute Gasteiger partial charge is 0.341 e. The lowest BCUT2D eigenvalue weighted by Crippen LogP contribution is -2.56. The van der Waals surface area contributed by atoms with E-state index in [4.69, 9.17) is 0 Å². The van der Waals surface area contributed by atoms with E-state index in [-0.39, 0.29) is 5.54 Å². The summed E-state index contributed by atoms with van der Waals surface area (Å²) < 4.78 is 0. The fourth-order valence-corrected chi connectivity index (χ4v) is 3.41. The highest BCUT2D eigenvalue weighted by molar-refractivity contribution is 5.86. The van der Waals surface area contributed by atoms with Crippen LogP contribution in [0.3, 0.4) is 0 Å². The third kappa shape index (κ3) is 2.49. The molecule has 1 amide bonds. The lowest BCUT2D eigenvalue weighted by molar-refractivity contribution is -0.139. The van der Waals surface area contributed by atoms with Crippen LogP contribution in [0.5, 0.6) is 0 Å². The summed E-state index contributed by atoms with van der Waals surface area (Å²) in [6.45, 7) is 3.13. The van der Waals surface area contributed by atoms with Gasteiger partial charge in [-0.1, -0.05) is 26.2 Å². The van der Waals surface area contributed by atoms with Gasteiger partial charge in [0.1, 0.15) is 0 Å². The number of rotatable bonds is 3. The van der Waals surface area contributed by atoms with Gasteiger partial charge in [0.25, 0.3) is 0 Å². The molecule has 2 rings (SSSR count). The van der Waals surface area contributed by atoms with Gasteiger partial charge in [-0.2, -0.15) is 0 Å². The van der Waals surface area contributed by atoms with Gasteiger partial charge in [0, 0.05) is 13.1 Å². The first kappa shape index (κ1) is 12.9. The van der Waals surface area contributed by atoms with Crippen molar-refractivity contribution >= 4 is 5.91 Å². The molecule has 1 aliphatic heterocycles. The molecule has 0 aromatic heterocycles. The molecule has 3 nitrogen and oxygen atoms in total. The average Bonchev–Trinajstić information content (AvgIpc) is 2.88. The molecule has 1 atom stereocenters. The summed E-state index contributed by atoms with van der Waals surface area (Å²) >= 11 is 0. The van der Waals surface area contributed by atoms with Crippen molar-refractivity contribution in [3.8, 4) is 0 Å². The number of likely N-dealkylation sites (N-methyl/N-ethyl adjacent to an activating group) is 1. The molecule has 0 aromatic rings. The highest BCUT2D eigenvalue weighted by atomic mass is 16.2. The first-order chi connectivity index (χ1) is 8.19. The maximum Gasteiger partial charge on any atom is 0.242 e. The fraction of sp³-hybridized carbons (Fsp3) is 0.929. The SMILES string of the molecule is CCC1(C(=O)N(C)C2CCCCC2)CCCN1. The minimum atomic E-state index is -0.244. The van der Waals surface area contributed by atoms with Crippen molar-refractivity contribution in [2.24, 2.45) is 0 Å². The normalized spacial score (nSPS) is 30.5. The van der Waals surface area contributed by atoms with Crippen molar-refractivity contribution in [2.75, 3.05) is 13.6 Å². The second kappa shape index (κ2) is 5.38. The molecule has 1 saturated heterocycles. The number of amides is 1. The van der Waals surface area contributed by atoms with Crippen LogP contribution in [0, 0.1) is 0 Å². The van der Waals surface area contributed by atoms with Crippen LogP contribution in [-0.2, 0) is 4.79 Å². The number of nitrogens with one attached hydrogen (secondary N) is 1. The van der Waals surface area contributed by atoms with Gasteiger partial charge in [-0.3, -0.25) is 4.79 Å². The molecule has 1 N–H and O–H groups in total. The minimum Gasteiger partial charge on any atom is -0.341 e. The molecule has 2 fully saturated rings. The van der Waals surface area contributed by atoms with Gasteiger partial charge in [0.2, 0.25) is 5.91 Å². The Labute approximate surface area is 105 Å². The third-order valence-electron chi connectivity index (χ3n) is 4.70. The van der Waals surface area contributed by atoms with E-state index < -0.39 is 0 Å². The Morgan fingerprint density at radius 2 is 2.00 bits per heavy atom. The van der Waals surface area contributed by atoms with E-state index in [1.54, 1.807) is 0 Å². The Kier molecular flexibility index (Phi) is 4.08. The number of carbonyl (C=O) groups excluding carboxylic acids is 1. The van der Waals surface area contributed by atoms with Crippen LogP contribution in [0.4, 0.5) is 0 Å². The van der Waals surface area contributed by atoms with Gasteiger partial charge in [-0.25, -0.2) is 0 Å². The molecular weight excluding hydrogens is 212 g/mol. The molecular formula is C14H26N2O. The van der Waals surface area contributed by atoms with Gasteiger partial charge < -0.3 is 10.2 Å². The van der Waals surface area contributed by atoms with Gasteiger partial charge >= 0.3 is 0 Å². The van der Waals surface area contributed by atoms with Crippen molar-refractivity contribution in [3.63, 3.8) is 0 Å². The summed E-state index contributed by atoms with van der Waals surface area (Å²) in [5.74, 6) is 0.337. The lowest BCUT2D eigenvalue weighted by atomic mass is 9.89. The molecule has 0 radical (unpaired) electrons. The Morgan fingerprint density at radius 1 is 1.29 bits per heavy atom.